The summed E-state index contributed by atoms with van der Waals surface area (Å²) in [7, 11) is 1.58. The summed E-state index contributed by atoms with van der Waals surface area (Å²) in [5.41, 5.74) is 2.19. The van der Waals surface area contributed by atoms with E-state index in [0.29, 0.717) is 56.0 Å². The van der Waals surface area contributed by atoms with Crippen molar-refractivity contribution in [1.82, 2.24) is 20.0 Å². The van der Waals surface area contributed by atoms with Crippen molar-refractivity contribution in [3.05, 3.63) is 59.2 Å². The van der Waals surface area contributed by atoms with Crippen LogP contribution in [-0.4, -0.2) is 90.2 Å². The molecule has 1 N–H and O–H groups in total. The number of hydrogen-bond acceptors (Lipinski definition) is 6. The minimum Gasteiger partial charge on any atom is -0.457 e. The SMILES string of the molecule is Cc1ccc2cc1Oc1cccc(c1)CO[C@H]1CN(C(=O)CCCN3CCCCC3=O)C[C@@H]1NC(=O)CN(C)C2=O. The second-order valence-electron chi connectivity index (χ2n) is 11.2. The summed E-state index contributed by atoms with van der Waals surface area (Å²) in [6.07, 6.45) is 3.04. The van der Waals surface area contributed by atoms with Gasteiger partial charge in [-0.15, -0.1) is 0 Å². The van der Waals surface area contributed by atoms with Crippen LogP contribution in [0.3, 0.4) is 0 Å². The topological polar surface area (TPSA) is 108 Å². The van der Waals surface area contributed by atoms with Gasteiger partial charge < -0.3 is 29.5 Å². The second-order valence-corrected chi connectivity index (χ2v) is 11.2. The molecule has 2 aromatic carbocycles. The Balaban J connectivity index is 1.29. The van der Waals surface area contributed by atoms with Gasteiger partial charge >= 0.3 is 0 Å². The predicted molar refractivity (Wildman–Crippen MR) is 151 cm³/mol. The smallest absolute Gasteiger partial charge is 0.254 e. The zero-order chi connectivity index (χ0) is 28.9. The third-order valence-corrected chi connectivity index (χ3v) is 7.96. The van der Waals surface area contributed by atoms with Gasteiger partial charge in [-0.2, -0.15) is 0 Å². The maximum absolute atomic E-state index is 13.1. The number of carbonyl (C=O) groups excluding carboxylic acids is 4. The van der Waals surface area contributed by atoms with Crippen LogP contribution in [0.1, 0.15) is 53.6 Å². The fraction of sp³-hybridized carbons (Fsp3) is 0.484. The molecule has 0 unspecified atom stereocenters. The summed E-state index contributed by atoms with van der Waals surface area (Å²) < 4.78 is 12.4. The summed E-state index contributed by atoms with van der Waals surface area (Å²) in [4.78, 5) is 56.3. The van der Waals surface area contributed by atoms with Crippen LogP contribution in [0.15, 0.2) is 42.5 Å². The largest absolute Gasteiger partial charge is 0.457 e. The first kappa shape index (κ1) is 28.6. The number of hydrogen-bond donors (Lipinski definition) is 1. The molecule has 5 rings (SSSR count). The lowest BCUT2D eigenvalue weighted by molar-refractivity contribution is -0.135. The van der Waals surface area contributed by atoms with Crippen molar-refractivity contribution >= 4 is 23.6 Å². The van der Waals surface area contributed by atoms with Crippen molar-refractivity contribution in [3.63, 3.8) is 0 Å². The zero-order valence-corrected chi connectivity index (χ0v) is 23.8. The van der Waals surface area contributed by atoms with E-state index >= 15 is 0 Å². The zero-order valence-electron chi connectivity index (χ0n) is 23.8. The Morgan fingerprint density at radius 3 is 2.76 bits per heavy atom. The van der Waals surface area contributed by atoms with Crippen molar-refractivity contribution in [2.75, 3.05) is 39.8 Å². The predicted octanol–water partition coefficient (Wildman–Crippen LogP) is 2.88. The van der Waals surface area contributed by atoms with Gasteiger partial charge in [0.25, 0.3) is 5.91 Å². The first-order valence-electron chi connectivity index (χ1n) is 14.4. The van der Waals surface area contributed by atoms with E-state index in [9.17, 15) is 19.2 Å². The number of rotatable bonds is 4. The summed E-state index contributed by atoms with van der Waals surface area (Å²) >= 11 is 0. The first-order chi connectivity index (χ1) is 19.8. The molecule has 2 saturated heterocycles. The van der Waals surface area contributed by atoms with Crippen molar-refractivity contribution in [2.45, 2.75) is 57.8 Å². The maximum Gasteiger partial charge on any atom is 0.254 e. The molecule has 0 saturated carbocycles. The molecule has 0 aliphatic carbocycles. The van der Waals surface area contributed by atoms with E-state index in [1.165, 1.54) is 4.90 Å². The molecule has 41 heavy (non-hydrogen) atoms. The van der Waals surface area contributed by atoms with Gasteiger partial charge in [-0.3, -0.25) is 19.2 Å². The molecule has 0 radical (unpaired) electrons. The van der Waals surface area contributed by atoms with Crippen LogP contribution in [0.2, 0.25) is 0 Å². The molecule has 10 heteroatoms. The Labute approximate surface area is 240 Å². The molecule has 10 nitrogen and oxygen atoms in total. The highest BCUT2D eigenvalue weighted by Gasteiger charge is 2.37. The maximum atomic E-state index is 13.1. The van der Waals surface area contributed by atoms with Gasteiger partial charge in [-0.1, -0.05) is 18.2 Å². The highest BCUT2D eigenvalue weighted by atomic mass is 16.5. The number of aryl methyl sites for hydroxylation is 1. The summed E-state index contributed by atoms with van der Waals surface area (Å²) in [6.45, 7) is 4.06. The van der Waals surface area contributed by atoms with Crippen molar-refractivity contribution in [1.29, 1.82) is 0 Å². The fourth-order valence-corrected chi connectivity index (χ4v) is 5.59. The monoisotopic (exact) mass is 562 g/mol. The van der Waals surface area contributed by atoms with Crippen molar-refractivity contribution in [3.8, 4) is 11.5 Å². The number of carbonyl (C=O) groups is 4. The van der Waals surface area contributed by atoms with Gasteiger partial charge in [0.1, 0.15) is 11.5 Å². The molecule has 3 aliphatic heterocycles. The highest BCUT2D eigenvalue weighted by Crippen LogP contribution is 2.28. The Morgan fingerprint density at radius 2 is 1.93 bits per heavy atom. The quantitative estimate of drug-likeness (QED) is 0.614. The second kappa shape index (κ2) is 12.7. The van der Waals surface area contributed by atoms with Crippen LogP contribution in [0.25, 0.3) is 0 Å². The first-order valence-corrected chi connectivity index (χ1v) is 14.4. The fourth-order valence-electron chi connectivity index (χ4n) is 5.59. The van der Waals surface area contributed by atoms with Gasteiger partial charge in [0.15, 0.2) is 0 Å². The van der Waals surface area contributed by atoms with Gasteiger partial charge in [-0.05, 0) is 61.6 Å². The molecule has 0 aromatic heterocycles. The molecule has 3 heterocycles. The molecule has 2 atom stereocenters. The van der Waals surface area contributed by atoms with Gasteiger partial charge in [-0.25, -0.2) is 0 Å². The lowest BCUT2D eigenvalue weighted by Gasteiger charge is -2.26. The lowest BCUT2D eigenvalue weighted by atomic mass is 10.1. The Morgan fingerprint density at radius 1 is 1.07 bits per heavy atom. The van der Waals surface area contributed by atoms with Gasteiger partial charge in [0, 0.05) is 51.6 Å². The third-order valence-electron chi connectivity index (χ3n) is 7.96. The van der Waals surface area contributed by atoms with Crippen LogP contribution in [0.5, 0.6) is 11.5 Å². The molecule has 4 amide bonds. The van der Waals surface area contributed by atoms with Crippen LogP contribution in [0, 0.1) is 6.92 Å². The number of ether oxygens (including phenoxy) is 2. The van der Waals surface area contributed by atoms with E-state index in [1.54, 1.807) is 24.1 Å². The van der Waals surface area contributed by atoms with Crippen molar-refractivity contribution < 1.29 is 28.7 Å². The average molecular weight is 563 g/mol. The molecule has 2 fully saturated rings. The number of nitrogens with one attached hydrogen (secondary N) is 1. The van der Waals surface area contributed by atoms with E-state index < -0.39 is 12.1 Å². The highest BCUT2D eigenvalue weighted by molar-refractivity contribution is 5.96. The van der Waals surface area contributed by atoms with Crippen molar-refractivity contribution in [2.24, 2.45) is 0 Å². The van der Waals surface area contributed by atoms with E-state index in [4.69, 9.17) is 9.47 Å². The minimum absolute atomic E-state index is 0.0250. The number of nitrogens with zero attached hydrogens (tertiary/aromatic N) is 3. The Kier molecular flexibility index (Phi) is 8.87. The van der Waals surface area contributed by atoms with Gasteiger partial charge in [0.2, 0.25) is 17.7 Å². The molecule has 4 bridgehead atoms. The molecular formula is C31H38N4O6. The lowest BCUT2D eigenvalue weighted by Crippen LogP contribution is -2.48. The van der Waals surface area contributed by atoms with E-state index in [2.05, 4.69) is 5.32 Å². The molecule has 2 aromatic rings. The molecule has 0 spiro atoms. The van der Waals surface area contributed by atoms with Crippen LogP contribution >= 0.6 is 0 Å². The molecule has 218 valence electrons. The van der Waals surface area contributed by atoms with Crippen LogP contribution < -0.4 is 10.1 Å². The average Bonchev–Trinajstić information content (AvgIpc) is 3.35. The van der Waals surface area contributed by atoms with E-state index in [1.807, 2.05) is 42.2 Å². The number of piperidine rings is 1. The van der Waals surface area contributed by atoms with E-state index in [-0.39, 0.29) is 36.8 Å². The molecular weight excluding hydrogens is 524 g/mol. The van der Waals surface area contributed by atoms with Gasteiger partial charge in [0.05, 0.1) is 25.3 Å². The number of likely N-dealkylation sites (N-methyl/N-ethyl adjacent to an activating group) is 1. The summed E-state index contributed by atoms with van der Waals surface area (Å²) in [5.74, 6) is 0.706. The Hall–Kier alpha value is -3.92. The third kappa shape index (κ3) is 7.05. The summed E-state index contributed by atoms with van der Waals surface area (Å²) in [6, 6.07) is 12.4. The summed E-state index contributed by atoms with van der Waals surface area (Å²) in [5, 5.41) is 3.00. The number of likely N-dealkylation sites (tertiary alicyclic amines) is 2. The van der Waals surface area contributed by atoms with Crippen LogP contribution in [-0.2, 0) is 25.7 Å². The molecule has 3 aliphatic rings. The Bertz CT molecular complexity index is 1310. The number of fused-ring (bicyclic) bond motifs is 5. The number of benzene rings is 2. The standard InChI is InChI=1S/C31H38N4O6/c1-21-11-12-23-16-26(21)41-24-8-5-7-22(15-24)20-40-27-18-35(17-25(27)32-28(36)19-33(2)31(23)39)30(38)10-6-14-34-13-4-3-9-29(34)37/h5,7-8,11-12,15-16,25,27H,3-4,6,9-10,13-14,17-20H2,1-2H3,(H,32,36)/t25-,27-/m0/s1. The minimum atomic E-state index is -0.419. The number of amides is 4. The van der Waals surface area contributed by atoms with Crippen LogP contribution in [0.4, 0.5) is 0 Å². The normalized spacial score (nSPS) is 21.8. The van der Waals surface area contributed by atoms with E-state index in [0.717, 1.165) is 30.5 Å².